The first-order chi connectivity index (χ1) is 9.83. The highest BCUT2D eigenvalue weighted by atomic mass is 15.1. The Labute approximate surface area is 117 Å². The Morgan fingerprint density at radius 2 is 2.05 bits per heavy atom. The van der Waals surface area contributed by atoms with Crippen molar-refractivity contribution in [2.75, 3.05) is 0 Å². The van der Waals surface area contributed by atoms with Crippen LogP contribution in [0, 0.1) is 22.7 Å². The Hall–Kier alpha value is -2.63. The second-order valence-corrected chi connectivity index (χ2v) is 4.82. The molecule has 20 heavy (non-hydrogen) atoms. The van der Waals surface area contributed by atoms with Gasteiger partial charge in [0.1, 0.15) is 18.5 Å². The normalized spacial score (nSPS) is 13.7. The van der Waals surface area contributed by atoms with E-state index in [0.29, 0.717) is 6.04 Å². The molecule has 0 unspecified atom stereocenters. The molecule has 1 aliphatic rings. The molecule has 0 aliphatic heterocycles. The van der Waals surface area contributed by atoms with Crippen molar-refractivity contribution in [3.05, 3.63) is 47.5 Å². The average molecular weight is 263 g/mol. The molecule has 5 nitrogen and oxygen atoms in total. The van der Waals surface area contributed by atoms with Crippen molar-refractivity contribution in [2.24, 2.45) is 0 Å². The van der Waals surface area contributed by atoms with Gasteiger partial charge in [0, 0.05) is 12.6 Å². The average Bonchev–Trinajstić information content (AvgIpc) is 3.23. The minimum atomic E-state index is 0.164. The fraction of sp³-hybridized carbons (Fsp3) is 0.267. The summed E-state index contributed by atoms with van der Waals surface area (Å²) in [5, 5.41) is 21.7. The van der Waals surface area contributed by atoms with E-state index < -0.39 is 0 Å². The van der Waals surface area contributed by atoms with Gasteiger partial charge in [-0.3, -0.25) is 4.57 Å². The lowest BCUT2D eigenvalue weighted by atomic mass is 10.1. The van der Waals surface area contributed by atoms with Crippen LogP contribution in [-0.2, 0) is 6.54 Å². The number of nitriles is 2. The lowest BCUT2D eigenvalue weighted by Gasteiger charge is -2.11. The number of rotatable bonds is 4. The summed E-state index contributed by atoms with van der Waals surface area (Å²) in [7, 11) is 0. The summed E-state index contributed by atoms with van der Waals surface area (Å²) in [4.78, 5) is 3.99. The summed E-state index contributed by atoms with van der Waals surface area (Å²) < 4.78 is 1.68. The standard InChI is InChI=1S/C15H13N5/c16-7-13-15(8-17)20(10-19-13)14-4-2-1-3-11(14)9-18-12-5-6-12/h1-4,10,12,18H,5-6,9H2. The second kappa shape index (κ2) is 5.16. The Bertz CT molecular complexity index is 713. The molecule has 1 fully saturated rings. The zero-order chi connectivity index (χ0) is 13.9. The highest BCUT2D eigenvalue weighted by Gasteiger charge is 2.21. The van der Waals surface area contributed by atoms with Gasteiger partial charge in [-0.15, -0.1) is 0 Å². The van der Waals surface area contributed by atoms with Crippen LogP contribution < -0.4 is 5.32 Å². The molecule has 0 radical (unpaired) electrons. The molecule has 1 heterocycles. The Morgan fingerprint density at radius 3 is 2.75 bits per heavy atom. The molecule has 1 aliphatic carbocycles. The fourth-order valence-corrected chi connectivity index (χ4v) is 2.16. The molecule has 1 aromatic heterocycles. The Kier molecular flexibility index (Phi) is 3.20. The number of aromatic nitrogens is 2. The van der Waals surface area contributed by atoms with E-state index in [1.54, 1.807) is 4.57 Å². The van der Waals surface area contributed by atoms with Gasteiger partial charge in [-0.2, -0.15) is 10.5 Å². The predicted octanol–water partition coefficient (Wildman–Crippen LogP) is 1.87. The van der Waals surface area contributed by atoms with Crippen molar-refractivity contribution in [1.29, 1.82) is 10.5 Å². The van der Waals surface area contributed by atoms with Crippen LogP contribution in [-0.4, -0.2) is 15.6 Å². The van der Waals surface area contributed by atoms with Crippen molar-refractivity contribution in [1.82, 2.24) is 14.9 Å². The van der Waals surface area contributed by atoms with Crippen LogP contribution in [0.15, 0.2) is 30.6 Å². The summed E-state index contributed by atoms with van der Waals surface area (Å²) >= 11 is 0. The van der Waals surface area contributed by atoms with E-state index in [1.807, 2.05) is 30.3 Å². The van der Waals surface area contributed by atoms with Crippen molar-refractivity contribution in [2.45, 2.75) is 25.4 Å². The van der Waals surface area contributed by atoms with Gasteiger partial charge in [0.2, 0.25) is 0 Å². The van der Waals surface area contributed by atoms with Gasteiger partial charge in [-0.05, 0) is 24.5 Å². The van der Waals surface area contributed by atoms with Gasteiger partial charge in [0.15, 0.2) is 11.4 Å². The predicted molar refractivity (Wildman–Crippen MR) is 72.9 cm³/mol. The quantitative estimate of drug-likeness (QED) is 0.913. The zero-order valence-electron chi connectivity index (χ0n) is 10.9. The number of hydrogen-bond donors (Lipinski definition) is 1. The zero-order valence-corrected chi connectivity index (χ0v) is 10.9. The molecule has 1 saturated carbocycles. The molecular formula is C15H13N5. The lowest BCUT2D eigenvalue weighted by Crippen LogP contribution is -2.17. The first kappa shape index (κ1) is 12.4. The van der Waals surface area contributed by atoms with Crippen LogP contribution in [0.2, 0.25) is 0 Å². The maximum absolute atomic E-state index is 9.22. The van der Waals surface area contributed by atoms with Crippen LogP contribution in [0.1, 0.15) is 29.8 Å². The summed E-state index contributed by atoms with van der Waals surface area (Å²) in [6, 6.07) is 12.5. The van der Waals surface area contributed by atoms with Gasteiger partial charge in [0.05, 0.1) is 5.69 Å². The smallest absolute Gasteiger partial charge is 0.177 e. The van der Waals surface area contributed by atoms with Crippen molar-refractivity contribution in [3.8, 4) is 17.8 Å². The minimum Gasteiger partial charge on any atom is -0.310 e. The molecule has 0 spiro atoms. The maximum atomic E-state index is 9.22. The third kappa shape index (κ3) is 2.27. The molecule has 0 bridgehead atoms. The number of hydrogen-bond acceptors (Lipinski definition) is 4. The first-order valence-corrected chi connectivity index (χ1v) is 6.52. The van der Waals surface area contributed by atoms with Gasteiger partial charge in [0.25, 0.3) is 0 Å². The molecular weight excluding hydrogens is 250 g/mol. The molecule has 98 valence electrons. The molecule has 2 aromatic rings. The van der Waals surface area contributed by atoms with Crippen molar-refractivity contribution in [3.63, 3.8) is 0 Å². The SMILES string of the molecule is N#Cc1ncn(-c2ccccc2CNC2CC2)c1C#N. The lowest BCUT2D eigenvalue weighted by molar-refractivity contribution is 0.684. The molecule has 0 atom stereocenters. The van der Waals surface area contributed by atoms with Gasteiger partial charge in [-0.1, -0.05) is 18.2 Å². The Balaban J connectivity index is 1.99. The topological polar surface area (TPSA) is 77.4 Å². The molecule has 0 saturated heterocycles. The van der Waals surface area contributed by atoms with E-state index >= 15 is 0 Å². The monoisotopic (exact) mass is 263 g/mol. The van der Waals surface area contributed by atoms with Crippen LogP contribution in [0.4, 0.5) is 0 Å². The van der Waals surface area contributed by atoms with Crippen molar-refractivity contribution < 1.29 is 0 Å². The highest BCUT2D eigenvalue weighted by Crippen LogP contribution is 2.22. The second-order valence-electron chi connectivity index (χ2n) is 4.82. The van der Waals surface area contributed by atoms with Crippen LogP contribution in [0.5, 0.6) is 0 Å². The first-order valence-electron chi connectivity index (χ1n) is 6.52. The van der Waals surface area contributed by atoms with E-state index in [2.05, 4.69) is 16.4 Å². The van der Waals surface area contributed by atoms with Crippen molar-refractivity contribution >= 4 is 0 Å². The molecule has 3 rings (SSSR count). The number of nitrogens with zero attached hydrogens (tertiary/aromatic N) is 4. The van der Waals surface area contributed by atoms with E-state index in [-0.39, 0.29) is 11.4 Å². The maximum Gasteiger partial charge on any atom is 0.177 e. The fourth-order valence-electron chi connectivity index (χ4n) is 2.16. The Morgan fingerprint density at radius 1 is 1.25 bits per heavy atom. The van der Waals surface area contributed by atoms with Crippen LogP contribution >= 0.6 is 0 Å². The highest BCUT2D eigenvalue weighted by molar-refractivity contribution is 5.48. The number of para-hydroxylation sites is 1. The largest absolute Gasteiger partial charge is 0.310 e. The number of imidazole rings is 1. The molecule has 1 N–H and O–H groups in total. The van der Waals surface area contributed by atoms with Crippen LogP contribution in [0.25, 0.3) is 5.69 Å². The van der Waals surface area contributed by atoms with E-state index in [0.717, 1.165) is 17.8 Å². The summed E-state index contributed by atoms with van der Waals surface area (Å²) in [6.45, 7) is 0.756. The summed E-state index contributed by atoms with van der Waals surface area (Å²) in [5.74, 6) is 0. The van der Waals surface area contributed by atoms with Gasteiger partial charge >= 0.3 is 0 Å². The van der Waals surface area contributed by atoms with Gasteiger partial charge < -0.3 is 5.32 Å². The van der Waals surface area contributed by atoms with E-state index in [4.69, 9.17) is 5.26 Å². The van der Waals surface area contributed by atoms with Crippen LogP contribution in [0.3, 0.4) is 0 Å². The summed E-state index contributed by atoms with van der Waals surface area (Å²) in [6.07, 6.45) is 4.00. The molecule has 5 heteroatoms. The molecule has 1 aromatic carbocycles. The number of nitrogens with one attached hydrogen (secondary N) is 1. The van der Waals surface area contributed by atoms with E-state index in [1.165, 1.54) is 19.2 Å². The minimum absolute atomic E-state index is 0.164. The van der Waals surface area contributed by atoms with E-state index in [9.17, 15) is 5.26 Å². The third-order valence-electron chi connectivity index (χ3n) is 3.39. The number of benzene rings is 1. The molecule has 0 amide bonds. The summed E-state index contributed by atoms with van der Waals surface area (Å²) in [5.41, 5.74) is 2.44. The van der Waals surface area contributed by atoms with Gasteiger partial charge in [-0.25, -0.2) is 4.98 Å². The third-order valence-corrected chi connectivity index (χ3v) is 3.39.